The van der Waals surface area contributed by atoms with Gasteiger partial charge in [0.2, 0.25) is 5.91 Å². The summed E-state index contributed by atoms with van der Waals surface area (Å²) in [5, 5.41) is 13.6. The molecule has 0 aliphatic rings. The van der Waals surface area contributed by atoms with Crippen molar-refractivity contribution in [2.24, 2.45) is 5.73 Å². The molecule has 0 fully saturated rings. The highest BCUT2D eigenvalue weighted by Gasteiger charge is 2.26. The fourth-order valence-electron chi connectivity index (χ4n) is 5.45. The number of unbranched alkanes of at least 4 members (excludes halogenated alkanes) is 15. The number of allylic oxidation sites excluding steroid dienone is 11. The zero-order valence-corrected chi connectivity index (χ0v) is 33.9. The number of phosphoric acid groups is 1. The Morgan fingerprint density at radius 1 is 0.654 bits per heavy atom. The molecule has 8 nitrogen and oxygen atoms in total. The molecule has 300 valence electrons. The SMILES string of the molecule is CC/C=C\C/C=C\C/C=C\C/C=C\C/C=C\CCCCCC(=O)NC(COP(=O)(O)OCCN)C(O)/C=C/CCCCCCCCCCCCCC. The van der Waals surface area contributed by atoms with E-state index in [2.05, 4.69) is 79.9 Å². The van der Waals surface area contributed by atoms with Gasteiger partial charge in [-0.3, -0.25) is 13.8 Å². The molecular formula is C43H77N2O6P. The van der Waals surface area contributed by atoms with Gasteiger partial charge in [0.05, 0.1) is 25.4 Å². The quantitative estimate of drug-likeness (QED) is 0.0282. The number of nitrogens with two attached hydrogens (primary N) is 1. The van der Waals surface area contributed by atoms with Gasteiger partial charge < -0.3 is 21.1 Å². The van der Waals surface area contributed by atoms with Crippen LogP contribution in [0.5, 0.6) is 0 Å². The first-order chi connectivity index (χ1) is 25.4. The van der Waals surface area contributed by atoms with E-state index in [9.17, 15) is 19.4 Å². The van der Waals surface area contributed by atoms with E-state index in [4.69, 9.17) is 14.8 Å². The monoisotopic (exact) mass is 749 g/mol. The van der Waals surface area contributed by atoms with Crippen molar-refractivity contribution in [3.63, 3.8) is 0 Å². The average Bonchev–Trinajstić information content (AvgIpc) is 3.13. The maximum absolute atomic E-state index is 12.7. The van der Waals surface area contributed by atoms with Gasteiger partial charge in [-0.25, -0.2) is 4.57 Å². The van der Waals surface area contributed by atoms with E-state index in [1.54, 1.807) is 6.08 Å². The maximum Gasteiger partial charge on any atom is 0.472 e. The van der Waals surface area contributed by atoms with Gasteiger partial charge in [0.25, 0.3) is 0 Å². The number of aliphatic hydroxyl groups is 1. The van der Waals surface area contributed by atoms with Crippen molar-refractivity contribution in [1.82, 2.24) is 5.32 Å². The van der Waals surface area contributed by atoms with E-state index >= 15 is 0 Å². The topological polar surface area (TPSA) is 131 Å². The Labute approximate surface area is 318 Å². The second-order valence-corrected chi connectivity index (χ2v) is 14.9. The number of aliphatic hydroxyl groups excluding tert-OH is 1. The van der Waals surface area contributed by atoms with E-state index in [1.807, 2.05) is 6.08 Å². The Kier molecular flexibility index (Phi) is 37.1. The highest BCUT2D eigenvalue weighted by Crippen LogP contribution is 2.43. The summed E-state index contributed by atoms with van der Waals surface area (Å²) in [7, 11) is -4.35. The molecule has 0 aromatic carbocycles. The second-order valence-electron chi connectivity index (χ2n) is 13.5. The molecule has 0 spiro atoms. The van der Waals surface area contributed by atoms with Crippen molar-refractivity contribution in [3.8, 4) is 0 Å². The van der Waals surface area contributed by atoms with E-state index < -0.39 is 20.0 Å². The average molecular weight is 749 g/mol. The highest BCUT2D eigenvalue weighted by atomic mass is 31.2. The molecule has 0 saturated heterocycles. The lowest BCUT2D eigenvalue weighted by atomic mass is 10.0. The molecule has 0 aromatic heterocycles. The minimum absolute atomic E-state index is 0.0691. The van der Waals surface area contributed by atoms with Crippen LogP contribution in [0.1, 0.15) is 162 Å². The van der Waals surface area contributed by atoms with Crippen molar-refractivity contribution >= 4 is 13.7 Å². The normalized spacial score (nSPS) is 14.9. The summed E-state index contributed by atoms with van der Waals surface area (Å²) in [6, 6.07) is -0.881. The smallest absolute Gasteiger partial charge is 0.387 e. The van der Waals surface area contributed by atoms with Crippen LogP contribution >= 0.6 is 7.82 Å². The Hall–Kier alpha value is -2.06. The largest absolute Gasteiger partial charge is 0.472 e. The van der Waals surface area contributed by atoms with Crippen molar-refractivity contribution in [2.75, 3.05) is 19.8 Å². The number of hydrogen-bond acceptors (Lipinski definition) is 6. The van der Waals surface area contributed by atoms with Crippen LogP contribution in [-0.2, 0) is 18.4 Å². The predicted octanol–water partition coefficient (Wildman–Crippen LogP) is 11.3. The van der Waals surface area contributed by atoms with Gasteiger partial charge in [0, 0.05) is 13.0 Å². The third-order valence-corrected chi connectivity index (χ3v) is 9.52. The lowest BCUT2D eigenvalue weighted by Gasteiger charge is -2.23. The van der Waals surface area contributed by atoms with E-state index in [0.717, 1.165) is 70.6 Å². The van der Waals surface area contributed by atoms with Crippen LogP contribution in [0, 0.1) is 0 Å². The zero-order chi connectivity index (χ0) is 38.2. The summed E-state index contributed by atoms with van der Waals surface area (Å²) in [6.07, 6.45) is 49.4. The number of carbonyl (C=O) groups excluding carboxylic acids is 1. The molecule has 0 heterocycles. The standard InChI is InChI=1S/C43H77N2O6P/c1-3-5-7-9-11-13-15-17-19-20-21-22-23-25-27-29-31-33-35-37-43(47)45-41(40-51-52(48,49)50-39-38-44)42(46)36-34-32-30-28-26-24-18-16-14-12-10-8-6-4-2/h5,7,11,13,17,19,21-22,25,27,34,36,41-42,46H,3-4,6,8-10,12,14-16,18,20,23-24,26,28-33,35,37-40,44H2,1-2H3,(H,45,47)(H,48,49)/b7-5-,13-11-,19-17-,22-21-,27-25-,36-34+. The number of amides is 1. The predicted molar refractivity (Wildman–Crippen MR) is 221 cm³/mol. The first-order valence-corrected chi connectivity index (χ1v) is 22.1. The van der Waals surface area contributed by atoms with Crippen LogP contribution in [0.4, 0.5) is 0 Å². The van der Waals surface area contributed by atoms with Crippen molar-refractivity contribution in [3.05, 3.63) is 72.9 Å². The Morgan fingerprint density at radius 2 is 1.12 bits per heavy atom. The molecule has 0 aliphatic carbocycles. The van der Waals surface area contributed by atoms with E-state index in [0.29, 0.717) is 12.8 Å². The molecule has 0 saturated carbocycles. The van der Waals surface area contributed by atoms with Gasteiger partial charge in [0.15, 0.2) is 0 Å². The first kappa shape index (κ1) is 49.9. The van der Waals surface area contributed by atoms with Crippen molar-refractivity contribution in [1.29, 1.82) is 0 Å². The maximum atomic E-state index is 12.7. The molecular weight excluding hydrogens is 671 g/mol. The molecule has 0 aromatic rings. The van der Waals surface area contributed by atoms with Gasteiger partial charge in [-0.15, -0.1) is 0 Å². The van der Waals surface area contributed by atoms with Crippen LogP contribution < -0.4 is 11.1 Å². The van der Waals surface area contributed by atoms with Crippen LogP contribution in [0.25, 0.3) is 0 Å². The molecule has 5 N–H and O–H groups in total. The van der Waals surface area contributed by atoms with Gasteiger partial charge in [-0.05, 0) is 64.2 Å². The third-order valence-electron chi connectivity index (χ3n) is 8.54. The highest BCUT2D eigenvalue weighted by molar-refractivity contribution is 7.47. The van der Waals surface area contributed by atoms with Crippen LogP contribution in [-0.4, -0.2) is 47.8 Å². The first-order valence-electron chi connectivity index (χ1n) is 20.6. The molecule has 0 rings (SSSR count). The van der Waals surface area contributed by atoms with Gasteiger partial charge >= 0.3 is 7.82 Å². The number of phosphoric ester groups is 1. The molecule has 0 aliphatic heterocycles. The van der Waals surface area contributed by atoms with Crippen LogP contribution in [0.3, 0.4) is 0 Å². The molecule has 0 bridgehead atoms. The molecule has 9 heteroatoms. The molecule has 0 radical (unpaired) electrons. The Balaban J connectivity index is 4.35. The zero-order valence-electron chi connectivity index (χ0n) is 33.0. The fraction of sp³-hybridized carbons (Fsp3) is 0.698. The number of nitrogens with one attached hydrogen (secondary N) is 1. The molecule has 52 heavy (non-hydrogen) atoms. The molecule has 3 atom stereocenters. The fourth-order valence-corrected chi connectivity index (χ4v) is 6.21. The Bertz CT molecular complexity index is 1040. The van der Waals surface area contributed by atoms with Gasteiger partial charge in [-0.2, -0.15) is 0 Å². The summed E-state index contributed by atoms with van der Waals surface area (Å²) in [5.41, 5.74) is 5.36. The van der Waals surface area contributed by atoms with Crippen LogP contribution in [0.2, 0.25) is 0 Å². The van der Waals surface area contributed by atoms with Crippen molar-refractivity contribution < 1.29 is 28.4 Å². The number of carbonyl (C=O) groups is 1. The second kappa shape index (κ2) is 38.7. The summed E-state index contributed by atoms with van der Waals surface area (Å²) >= 11 is 0. The molecule has 1 amide bonds. The third kappa shape index (κ3) is 36.3. The lowest BCUT2D eigenvalue weighted by molar-refractivity contribution is -0.123. The van der Waals surface area contributed by atoms with E-state index in [1.165, 1.54) is 64.2 Å². The summed E-state index contributed by atoms with van der Waals surface area (Å²) in [4.78, 5) is 22.6. The minimum atomic E-state index is -4.35. The Morgan fingerprint density at radius 3 is 1.63 bits per heavy atom. The van der Waals surface area contributed by atoms with Gasteiger partial charge in [-0.1, -0.05) is 164 Å². The van der Waals surface area contributed by atoms with Crippen LogP contribution in [0.15, 0.2) is 72.9 Å². The summed E-state index contributed by atoms with van der Waals surface area (Å²) in [6.45, 7) is 3.97. The lowest BCUT2D eigenvalue weighted by Crippen LogP contribution is -2.45. The molecule has 3 unspecified atom stereocenters. The summed E-state index contributed by atoms with van der Waals surface area (Å²) in [5.74, 6) is -0.229. The van der Waals surface area contributed by atoms with E-state index in [-0.39, 0.29) is 25.7 Å². The number of rotatable bonds is 37. The summed E-state index contributed by atoms with van der Waals surface area (Å²) < 4.78 is 22.1. The van der Waals surface area contributed by atoms with Gasteiger partial charge in [0.1, 0.15) is 0 Å². The minimum Gasteiger partial charge on any atom is -0.387 e. The number of hydrogen-bond donors (Lipinski definition) is 4. The van der Waals surface area contributed by atoms with Crippen molar-refractivity contribution in [2.45, 2.75) is 174 Å².